The van der Waals surface area contributed by atoms with Gasteiger partial charge >= 0.3 is 0 Å². The lowest BCUT2D eigenvalue weighted by Gasteiger charge is -2.41. The van der Waals surface area contributed by atoms with Crippen molar-refractivity contribution in [1.82, 2.24) is 25.2 Å². The number of piperidine rings is 1. The van der Waals surface area contributed by atoms with Crippen LogP contribution in [-0.4, -0.2) is 70.6 Å². The van der Waals surface area contributed by atoms with Crippen LogP contribution in [0.25, 0.3) is 0 Å². The van der Waals surface area contributed by atoms with Crippen LogP contribution in [0.5, 0.6) is 0 Å². The molecular formula is C17H22N6O3S. The number of thiazole rings is 1. The first-order valence-electron chi connectivity index (χ1n) is 8.65. The fourth-order valence-corrected chi connectivity index (χ4v) is 3.62. The highest BCUT2D eigenvalue weighted by atomic mass is 32.1. The third kappa shape index (κ3) is 4.58. The van der Waals surface area contributed by atoms with Crippen LogP contribution in [0.4, 0.5) is 5.13 Å². The molecule has 1 aliphatic rings. The number of anilines is 1. The maximum Gasteiger partial charge on any atom is 0.274 e. The number of hydrogen-bond donors (Lipinski definition) is 2. The van der Waals surface area contributed by atoms with Gasteiger partial charge in [-0.2, -0.15) is 0 Å². The van der Waals surface area contributed by atoms with E-state index in [2.05, 4.69) is 25.6 Å². The van der Waals surface area contributed by atoms with E-state index in [1.165, 1.54) is 29.9 Å². The lowest BCUT2D eigenvalue weighted by molar-refractivity contribution is -0.127. The lowest BCUT2D eigenvalue weighted by atomic mass is 9.86. The highest BCUT2D eigenvalue weighted by Crippen LogP contribution is 2.29. The molecule has 0 bridgehead atoms. The summed E-state index contributed by atoms with van der Waals surface area (Å²) in [6.45, 7) is 1.74. The van der Waals surface area contributed by atoms with Gasteiger partial charge in [-0.3, -0.25) is 14.6 Å². The van der Waals surface area contributed by atoms with Crippen molar-refractivity contribution in [3.05, 3.63) is 35.9 Å². The second-order valence-electron chi connectivity index (χ2n) is 6.18. The summed E-state index contributed by atoms with van der Waals surface area (Å²) < 4.78 is 5.00. The van der Waals surface area contributed by atoms with Gasteiger partial charge in [0.15, 0.2) is 5.13 Å². The fourth-order valence-electron chi connectivity index (χ4n) is 3.00. The summed E-state index contributed by atoms with van der Waals surface area (Å²) >= 11 is 1.44. The number of hydrogen-bond acceptors (Lipinski definition) is 8. The first-order valence-corrected chi connectivity index (χ1v) is 9.53. The molecule has 9 nitrogen and oxygen atoms in total. The zero-order chi connectivity index (χ0) is 19.1. The molecule has 0 saturated carbocycles. The minimum atomic E-state index is -0.815. The van der Waals surface area contributed by atoms with E-state index in [0.717, 1.165) is 0 Å². The molecule has 1 fully saturated rings. The number of rotatable bonds is 7. The number of carbonyl (C=O) groups is 2. The van der Waals surface area contributed by atoms with Gasteiger partial charge in [-0.15, -0.1) is 11.3 Å². The second kappa shape index (κ2) is 8.87. The summed E-state index contributed by atoms with van der Waals surface area (Å²) in [5, 5.41) is 8.73. The number of nitrogens with one attached hydrogen (secondary N) is 2. The van der Waals surface area contributed by atoms with Gasteiger partial charge in [0.25, 0.3) is 5.91 Å². The smallest absolute Gasteiger partial charge is 0.274 e. The van der Waals surface area contributed by atoms with Crippen LogP contribution in [0.3, 0.4) is 0 Å². The Kier molecular flexibility index (Phi) is 6.30. The van der Waals surface area contributed by atoms with Gasteiger partial charge in [-0.1, -0.05) is 0 Å². The van der Waals surface area contributed by atoms with Crippen LogP contribution in [0.15, 0.2) is 30.2 Å². The molecule has 3 rings (SSSR count). The van der Waals surface area contributed by atoms with Crippen LogP contribution in [0.2, 0.25) is 0 Å². The molecule has 0 unspecified atom stereocenters. The third-order valence-corrected chi connectivity index (χ3v) is 5.18. The lowest BCUT2D eigenvalue weighted by Crippen LogP contribution is -2.59. The third-order valence-electron chi connectivity index (χ3n) is 4.49. The van der Waals surface area contributed by atoms with Gasteiger partial charge in [0.1, 0.15) is 11.2 Å². The number of ether oxygens (including phenoxy) is 1. The van der Waals surface area contributed by atoms with E-state index in [-0.39, 0.29) is 11.8 Å². The summed E-state index contributed by atoms with van der Waals surface area (Å²) in [6.07, 6.45) is 7.11. The normalized spacial score (nSPS) is 16.0. The van der Waals surface area contributed by atoms with Gasteiger partial charge in [-0.05, 0) is 12.8 Å². The van der Waals surface area contributed by atoms with E-state index in [1.54, 1.807) is 18.2 Å². The molecule has 2 aromatic heterocycles. The molecular weight excluding hydrogens is 368 g/mol. The van der Waals surface area contributed by atoms with E-state index in [1.807, 2.05) is 5.38 Å². The Morgan fingerprint density at radius 3 is 2.70 bits per heavy atom. The molecule has 0 aromatic carbocycles. The Morgan fingerprint density at radius 1 is 1.26 bits per heavy atom. The average Bonchev–Trinajstić information content (AvgIpc) is 3.21. The van der Waals surface area contributed by atoms with Crippen molar-refractivity contribution < 1.29 is 14.3 Å². The molecule has 10 heteroatoms. The van der Waals surface area contributed by atoms with E-state index < -0.39 is 5.54 Å². The summed E-state index contributed by atoms with van der Waals surface area (Å²) in [6, 6.07) is 0. The van der Waals surface area contributed by atoms with Crippen molar-refractivity contribution in [1.29, 1.82) is 0 Å². The van der Waals surface area contributed by atoms with Crippen molar-refractivity contribution in [2.24, 2.45) is 0 Å². The Bertz CT molecular complexity index is 747. The highest BCUT2D eigenvalue weighted by Gasteiger charge is 2.43. The van der Waals surface area contributed by atoms with Gasteiger partial charge < -0.3 is 20.3 Å². The number of likely N-dealkylation sites (tertiary alicyclic amines) is 1. The average molecular weight is 390 g/mol. The predicted octanol–water partition coefficient (Wildman–Crippen LogP) is 0.783. The van der Waals surface area contributed by atoms with E-state index in [0.29, 0.717) is 49.9 Å². The molecule has 2 amide bonds. The molecule has 144 valence electrons. The Hall–Kier alpha value is -2.59. The van der Waals surface area contributed by atoms with Crippen LogP contribution in [0.1, 0.15) is 23.3 Å². The fraction of sp³-hybridized carbons (Fsp3) is 0.471. The minimum Gasteiger partial charge on any atom is -0.383 e. The topological polar surface area (TPSA) is 109 Å². The molecule has 1 saturated heterocycles. The molecule has 1 aliphatic heterocycles. The van der Waals surface area contributed by atoms with Gasteiger partial charge in [0.05, 0.1) is 12.8 Å². The van der Waals surface area contributed by atoms with E-state index in [9.17, 15) is 9.59 Å². The molecule has 0 atom stereocenters. The van der Waals surface area contributed by atoms with Gasteiger partial charge in [0.2, 0.25) is 5.91 Å². The highest BCUT2D eigenvalue weighted by molar-refractivity contribution is 7.13. The first-order chi connectivity index (χ1) is 13.1. The standard InChI is InChI=1S/C17H22N6O3S/c1-26-10-6-20-15(25)17(22-16-21-7-11-27-16)2-8-23(9-3-17)14(24)13-12-18-4-5-19-13/h4-5,7,11-12H,2-3,6,8-10H2,1H3,(H,20,25)(H,21,22). The molecule has 3 heterocycles. The maximum atomic E-state index is 12.9. The largest absolute Gasteiger partial charge is 0.383 e. The van der Waals surface area contributed by atoms with Gasteiger partial charge in [0, 0.05) is 50.7 Å². The molecule has 0 aliphatic carbocycles. The van der Waals surface area contributed by atoms with Crippen LogP contribution in [-0.2, 0) is 9.53 Å². The quantitative estimate of drug-likeness (QED) is 0.673. The SMILES string of the molecule is COCCNC(=O)C1(Nc2nccs2)CCN(C(=O)c2cnccn2)CC1. The van der Waals surface area contributed by atoms with E-state index in [4.69, 9.17) is 4.74 Å². The summed E-state index contributed by atoms with van der Waals surface area (Å²) in [5.41, 5.74) is -0.507. The van der Waals surface area contributed by atoms with Crippen LogP contribution >= 0.6 is 11.3 Å². The summed E-state index contributed by atoms with van der Waals surface area (Å²) in [5.74, 6) is -0.285. The van der Waals surface area contributed by atoms with Crippen molar-refractivity contribution in [2.75, 3.05) is 38.7 Å². The minimum absolute atomic E-state index is 0.110. The molecule has 2 N–H and O–H groups in total. The number of methoxy groups -OCH3 is 1. The van der Waals surface area contributed by atoms with Crippen LogP contribution < -0.4 is 10.6 Å². The Balaban J connectivity index is 1.70. The second-order valence-corrected chi connectivity index (χ2v) is 7.07. The van der Waals surface area contributed by atoms with Crippen molar-refractivity contribution in [2.45, 2.75) is 18.4 Å². The number of amides is 2. The number of carbonyl (C=O) groups excluding carboxylic acids is 2. The van der Waals surface area contributed by atoms with E-state index >= 15 is 0 Å². The Morgan fingerprint density at radius 2 is 2.07 bits per heavy atom. The summed E-state index contributed by atoms with van der Waals surface area (Å²) in [7, 11) is 1.59. The van der Waals surface area contributed by atoms with Crippen molar-refractivity contribution >= 4 is 28.3 Å². The number of nitrogens with zero attached hydrogens (tertiary/aromatic N) is 4. The van der Waals surface area contributed by atoms with Crippen molar-refractivity contribution in [3.8, 4) is 0 Å². The number of aromatic nitrogens is 3. The first kappa shape index (κ1) is 19.2. The zero-order valence-corrected chi connectivity index (χ0v) is 15.9. The molecule has 0 spiro atoms. The maximum absolute atomic E-state index is 12.9. The molecule has 0 radical (unpaired) electrons. The summed E-state index contributed by atoms with van der Waals surface area (Å²) in [4.78, 5) is 39.4. The molecule has 27 heavy (non-hydrogen) atoms. The van der Waals surface area contributed by atoms with Gasteiger partial charge in [-0.25, -0.2) is 9.97 Å². The molecule has 2 aromatic rings. The van der Waals surface area contributed by atoms with Crippen molar-refractivity contribution in [3.63, 3.8) is 0 Å². The monoisotopic (exact) mass is 390 g/mol. The zero-order valence-electron chi connectivity index (χ0n) is 15.1. The predicted molar refractivity (Wildman–Crippen MR) is 101 cm³/mol. The Labute approximate surface area is 161 Å². The van der Waals surface area contributed by atoms with Crippen LogP contribution in [0, 0.1) is 0 Å².